The van der Waals surface area contributed by atoms with Crippen LogP contribution < -0.4 is 4.74 Å². The zero-order valence-electron chi connectivity index (χ0n) is 9.67. The molecule has 0 aliphatic carbocycles. The second kappa shape index (κ2) is 3.14. The minimum atomic E-state index is -0.178. The Labute approximate surface area is 95.0 Å². The summed E-state index contributed by atoms with van der Waals surface area (Å²) in [6, 6.07) is 1.92. The molecule has 2 aliphatic heterocycles. The van der Waals surface area contributed by atoms with E-state index in [4.69, 9.17) is 9.47 Å². The summed E-state index contributed by atoms with van der Waals surface area (Å²) in [5.74, 6) is 1.26. The van der Waals surface area contributed by atoms with Crippen LogP contribution in [-0.2, 0) is 10.3 Å². The predicted molar refractivity (Wildman–Crippen MR) is 59.9 cm³/mol. The lowest BCUT2D eigenvalue weighted by atomic mass is 9.79. The third kappa shape index (κ3) is 1.12. The summed E-state index contributed by atoms with van der Waals surface area (Å²) in [5, 5.41) is 10.0. The molecule has 1 N–H and O–H groups in total. The summed E-state index contributed by atoms with van der Waals surface area (Å²) in [4.78, 5) is 0. The molecule has 1 unspecified atom stereocenters. The van der Waals surface area contributed by atoms with Gasteiger partial charge in [0.2, 0.25) is 0 Å². The van der Waals surface area contributed by atoms with E-state index in [1.54, 1.807) is 0 Å². The lowest BCUT2D eigenvalue weighted by molar-refractivity contribution is -0.170. The summed E-state index contributed by atoms with van der Waals surface area (Å²) < 4.78 is 11.5. The second-order valence-electron chi connectivity index (χ2n) is 4.73. The first-order chi connectivity index (χ1) is 7.64. The molecule has 0 radical (unpaired) electrons. The molecular formula is C13H16O3. The third-order valence-corrected chi connectivity index (χ3v) is 3.80. The Kier molecular flexibility index (Phi) is 1.96. The number of benzene rings is 1. The van der Waals surface area contributed by atoms with E-state index in [0.29, 0.717) is 12.4 Å². The third-order valence-electron chi connectivity index (χ3n) is 3.80. The molecular weight excluding hydrogens is 204 g/mol. The highest BCUT2D eigenvalue weighted by molar-refractivity contribution is 5.55. The molecule has 3 heteroatoms. The second-order valence-corrected chi connectivity index (χ2v) is 4.73. The van der Waals surface area contributed by atoms with E-state index in [-0.39, 0.29) is 5.60 Å². The van der Waals surface area contributed by atoms with Crippen molar-refractivity contribution in [2.45, 2.75) is 32.3 Å². The summed E-state index contributed by atoms with van der Waals surface area (Å²) in [6.07, 6.45) is 1.93. The molecule has 0 aromatic heterocycles. The van der Waals surface area contributed by atoms with Crippen LogP contribution in [0.5, 0.6) is 11.5 Å². The Morgan fingerprint density at radius 2 is 2.00 bits per heavy atom. The van der Waals surface area contributed by atoms with Gasteiger partial charge in [0.25, 0.3) is 0 Å². The van der Waals surface area contributed by atoms with Crippen LogP contribution in [0.1, 0.15) is 29.5 Å². The fraction of sp³-hybridized carbons (Fsp3) is 0.538. The highest BCUT2D eigenvalue weighted by Gasteiger charge is 2.46. The minimum Gasteiger partial charge on any atom is -0.507 e. The van der Waals surface area contributed by atoms with Gasteiger partial charge in [-0.15, -0.1) is 0 Å². The quantitative estimate of drug-likeness (QED) is 0.729. The molecule has 3 rings (SSSR count). The van der Waals surface area contributed by atoms with Gasteiger partial charge in [0.1, 0.15) is 17.1 Å². The molecule has 1 spiro atoms. The molecule has 0 bridgehead atoms. The van der Waals surface area contributed by atoms with E-state index in [0.717, 1.165) is 41.9 Å². The van der Waals surface area contributed by atoms with Gasteiger partial charge in [-0.2, -0.15) is 0 Å². The average molecular weight is 220 g/mol. The number of aromatic hydroxyl groups is 1. The number of hydrogen-bond acceptors (Lipinski definition) is 3. The monoisotopic (exact) mass is 220 g/mol. The van der Waals surface area contributed by atoms with Crippen molar-refractivity contribution in [3.63, 3.8) is 0 Å². The predicted octanol–water partition coefficient (Wildman–Crippen LogP) is 2.41. The molecule has 0 amide bonds. The fourth-order valence-corrected chi connectivity index (χ4v) is 2.81. The summed E-state index contributed by atoms with van der Waals surface area (Å²) in [7, 11) is 0. The van der Waals surface area contributed by atoms with Gasteiger partial charge < -0.3 is 14.6 Å². The minimum absolute atomic E-state index is 0.178. The molecule has 1 aromatic carbocycles. The smallest absolute Gasteiger partial charge is 0.126 e. The first-order valence-electron chi connectivity index (χ1n) is 5.74. The highest BCUT2D eigenvalue weighted by atomic mass is 16.5. The van der Waals surface area contributed by atoms with Gasteiger partial charge in [-0.25, -0.2) is 0 Å². The van der Waals surface area contributed by atoms with Crippen molar-refractivity contribution in [2.24, 2.45) is 0 Å². The van der Waals surface area contributed by atoms with Gasteiger partial charge >= 0.3 is 0 Å². The first-order valence-corrected chi connectivity index (χ1v) is 5.74. The van der Waals surface area contributed by atoms with Crippen molar-refractivity contribution in [3.05, 3.63) is 22.8 Å². The Morgan fingerprint density at radius 1 is 1.25 bits per heavy atom. The van der Waals surface area contributed by atoms with Gasteiger partial charge in [0.15, 0.2) is 0 Å². The van der Waals surface area contributed by atoms with E-state index in [2.05, 4.69) is 0 Å². The number of rotatable bonds is 0. The Hall–Kier alpha value is -1.22. The van der Waals surface area contributed by atoms with E-state index < -0.39 is 0 Å². The lowest BCUT2D eigenvalue weighted by Crippen LogP contribution is -2.45. The van der Waals surface area contributed by atoms with Crippen molar-refractivity contribution in [1.29, 1.82) is 0 Å². The van der Waals surface area contributed by atoms with Gasteiger partial charge in [-0.05, 0) is 25.5 Å². The first kappa shape index (κ1) is 9.97. The molecule has 86 valence electrons. The van der Waals surface area contributed by atoms with E-state index in [9.17, 15) is 5.11 Å². The van der Waals surface area contributed by atoms with Crippen molar-refractivity contribution in [1.82, 2.24) is 0 Å². The standard InChI is InChI=1S/C13H16O3/c1-8-7-10-11(9(2)12(8)14)13(3-5-15-10)4-6-16-13/h7,14H,3-6H2,1-2H3. The number of phenolic OH excluding ortho intramolecular Hbond substituents is 1. The zero-order chi connectivity index (χ0) is 11.3. The normalized spacial score (nSPS) is 27.1. The molecule has 1 atom stereocenters. The van der Waals surface area contributed by atoms with Crippen LogP contribution in [0.3, 0.4) is 0 Å². The lowest BCUT2D eigenvalue weighted by Gasteiger charge is -2.46. The maximum Gasteiger partial charge on any atom is 0.126 e. The molecule has 0 saturated carbocycles. The fourth-order valence-electron chi connectivity index (χ4n) is 2.81. The van der Waals surface area contributed by atoms with Crippen molar-refractivity contribution in [2.75, 3.05) is 13.2 Å². The Morgan fingerprint density at radius 3 is 2.62 bits per heavy atom. The van der Waals surface area contributed by atoms with Gasteiger partial charge in [0, 0.05) is 24.0 Å². The maximum absolute atomic E-state index is 10.0. The Balaban J connectivity index is 2.23. The topological polar surface area (TPSA) is 38.7 Å². The summed E-state index contributed by atoms with van der Waals surface area (Å²) in [5.41, 5.74) is 2.66. The summed E-state index contributed by atoms with van der Waals surface area (Å²) in [6.45, 7) is 5.36. The van der Waals surface area contributed by atoms with Crippen molar-refractivity contribution in [3.8, 4) is 11.5 Å². The SMILES string of the molecule is Cc1cc2c(c(C)c1O)C1(CCO2)CCO1. The van der Waals surface area contributed by atoms with Crippen LogP contribution in [0, 0.1) is 13.8 Å². The molecule has 16 heavy (non-hydrogen) atoms. The van der Waals surface area contributed by atoms with Crippen molar-refractivity contribution >= 4 is 0 Å². The van der Waals surface area contributed by atoms with Crippen LogP contribution in [-0.4, -0.2) is 18.3 Å². The average Bonchev–Trinajstić information content (AvgIpc) is 2.23. The zero-order valence-corrected chi connectivity index (χ0v) is 9.67. The number of fused-ring (bicyclic) bond motifs is 2. The molecule has 3 nitrogen and oxygen atoms in total. The van der Waals surface area contributed by atoms with Gasteiger partial charge in [0.05, 0.1) is 13.2 Å². The van der Waals surface area contributed by atoms with Crippen LogP contribution in [0.2, 0.25) is 0 Å². The van der Waals surface area contributed by atoms with Crippen LogP contribution >= 0.6 is 0 Å². The van der Waals surface area contributed by atoms with E-state index in [1.807, 2.05) is 19.9 Å². The molecule has 1 aromatic rings. The molecule has 1 fully saturated rings. The largest absolute Gasteiger partial charge is 0.507 e. The number of phenols is 1. The van der Waals surface area contributed by atoms with Gasteiger partial charge in [-0.1, -0.05) is 0 Å². The maximum atomic E-state index is 10.0. The van der Waals surface area contributed by atoms with Crippen LogP contribution in [0.15, 0.2) is 6.07 Å². The number of ether oxygens (including phenoxy) is 2. The van der Waals surface area contributed by atoms with Crippen LogP contribution in [0.4, 0.5) is 0 Å². The molecule has 2 heterocycles. The summed E-state index contributed by atoms with van der Waals surface area (Å²) >= 11 is 0. The number of aryl methyl sites for hydroxylation is 1. The van der Waals surface area contributed by atoms with Crippen molar-refractivity contribution < 1.29 is 14.6 Å². The van der Waals surface area contributed by atoms with Crippen LogP contribution in [0.25, 0.3) is 0 Å². The van der Waals surface area contributed by atoms with E-state index in [1.165, 1.54) is 0 Å². The molecule has 2 aliphatic rings. The molecule has 1 saturated heterocycles. The highest BCUT2D eigenvalue weighted by Crippen LogP contribution is 2.50. The van der Waals surface area contributed by atoms with Gasteiger partial charge in [-0.3, -0.25) is 0 Å². The number of hydrogen-bond donors (Lipinski definition) is 1. The van der Waals surface area contributed by atoms with E-state index >= 15 is 0 Å². The Bertz CT molecular complexity index is 447.